The topological polar surface area (TPSA) is 55.8 Å². The van der Waals surface area contributed by atoms with Crippen LogP contribution in [0.25, 0.3) is 6.08 Å². The highest BCUT2D eigenvalue weighted by Crippen LogP contribution is 2.53. The second-order valence-corrected chi connectivity index (χ2v) is 9.13. The van der Waals surface area contributed by atoms with E-state index in [-0.39, 0.29) is 11.3 Å². The van der Waals surface area contributed by atoms with Gasteiger partial charge in [-0.05, 0) is 52.6 Å². The second-order valence-electron chi connectivity index (χ2n) is 8.11. The van der Waals surface area contributed by atoms with Crippen LogP contribution in [0.5, 0.6) is 11.5 Å². The average Bonchev–Trinajstić information content (AvgIpc) is 2.83. The number of thioether (sulfide) groups is 1. The number of rotatable bonds is 6. The van der Waals surface area contributed by atoms with Gasteiger partial charge >= 0.3 is 5.97 Å². The van der Waals surface area contributed by atoms with Gasteiger partial charge in [-0.15, -0.1) is 11.8 Å². The molecule has 1 N–H and O–H groups in total. The zero-order valence-electron chi connectivity index (χ0n) is 18.4. The van der Waals surface area contributed by atoms with Gasteiger partial charge in [-0.25, -0.2) is 4.79 Å². The molecule has 0 amide bonds. The zero-order valence-corrected chi connectivity index (χ0v) is 19.2. The Kier molecular flexibility index (Phi) is 6.28. The van der Waals surface area contributed by atoms with Crippen LogP contribution in [0.4, 0.5) is 0 Å². The Morgan fingerprint density at radius 2 is 1.66 bits per heavy atom. The Balaban J connectivity index is 1.81. The quantitative estimate of drug-likeness (QED) is 0.471. The Morgan fingerprint density at radius 3 is 2.28 bits per heavy atom. The van der Waals surface area contributed by atoms with Crippen LogP contribution in [0, 0.1) is 0 Å². The fraction of sp³-hybridized carbons (Fsp3) is 0.222. The number of ether oxygens (including phenoxy) is 2. The lowest BCUT2D eigenvalue weighted by atomic mass is 9.67. The van der Waals surface area contributed by atoms with E-state index in [0.717, 1.165) is 28.9 Å². The van der Waals surface area contributed by atoms with Crippen molar-refractivity contribution >= 4 is 23.8 Å². The number of methoxy groups -OCH3 is 2. The van der Waals surface area contributed by atoms with Crippen molar-refractivity contribution in [1.82, 2.24) is 0 Å². The smallest absolute Gasteiger partial charge is 0.328 e. The fourth-order valence-electron chi connectivity index (χ4n) is 4.40. The number of hydrogen-bond donors (Lipinski definition) is 1. The van der Waals surface area contributed by atoms with Gasteiger partial charge in [-0.2, -0.15) is 0 Å². The molecule has 0 saturated heterocycles. The SMILES string of the molecule is COc1ccc([C@@]2(C)CSc3cc(OC)ccc3[C@H]2c2ccc(C=CC(=O)O)cc2)cc1. The molecule has 3 aromatic carbocycles. The lowest BCUT2D eigenvalue weighted by Gasteiger charge is -2.43. The number of aliphatic carboxylic acids is 1. The number of hydrogen-bond acceptors (Lipinski definition) is 4. The molecule has 5 heteroatoms. The van der Waals surface area contributed by atoms with Crippen LogP contribution in [0.2, 0.25) is 0 Å². The highest BCUT2D eigenvalue weighted by Gasteiger charge is 2.42. The molecule has 0 aromatic heterocycles. The van der Waals surface area contributed by atoms with Crippen LogP contribution in [0.3, 0.4) is 0 Å². The maximum Gasteiger partial charge on any atom is 0.328 e. The lowest BCUT2D eigenvalue weighted by Crippen LogP contribution is -2.36. The summed E-state index contributed by atoms with van der Waals surface area (Å²) < 4.78 is 10.8. The molecule has 0 spiro atoms. The largest absolute Gasteiger partial charge is 0.497 e. The Hall–Kier alpha value is -3.18. The van der Waals surface area contributed by atoms with E-state index in [2.05, 4.69) is 43.3 Å². The molecule has 32 heavy (non-hydrogen) atoms. The zero-order chi connectivity index (χ0) is 22.7. The maximum atomic E-state index is 10.9. The summed E-state index contributed by atoms with van der Waals surface area (Å²) in [5.74, 6) is 1.81. The van der Waals surface area contributed by atoms with Gasteiger partial charge in [0.1, 0.15) is 11.5 Å². The normalized spacial score (nSPS) is 20.0. The van der Waals surface area contributed by atoms with Crippen molar-refractivity contribution in [2.75, 3.05) is 20.0 Å². The Morgan fingerprint density at radius 1 is 1.00 bits per heavy atom. The molecule has 2 atom stereocenters. The molecule has 1 aliphatic heterocycles. The van der Waals surface area contributed by atoms with E-state index in [4.69, 9.17) is 14.6 Å². The van der Waals surface area contributed by atoms with Crippen molar-refractivity contribution in [2.24, 2.45) is 0 Å². The van der Waals surface area contributed by atoms with E-state index in [0.29, 0.717) is 0 Å². The van der Waals surface area contributed by atoms with Crippen molar-refractivity contribution in [3.05, 3.63) is 95.1 Å². The van der Waals surface area contributed by atoms with Crippen LogP contribution in [-0.4, -0.2) is 31.0 Å². The van der Waals surface area contributed by atoms with E-state index in [9.17, 15) is 4.79 Å². The molecular weight excluding hydrogens is 420 g/mol. The summed E-state index contributed by atoms with van der Waals surface area (Å²) in [7, 11) is 3.37. The number of fused-ring (bicyclic) bond motifs is 1. The van der Waals surface area contributed by atoms with Crippen molar-refractivity contribution < 1.29 is 19.4 Å². The van der Waals surface area contributed by atoms with Crippen LogP contribution < -0.4 is 9.47 Å². The Labute approximate surface area is 192 Å². The maximum absolute atomic E-state index is 10.9. The predicted molar refractivity (Wildman–Crippen MR) is 129 cm³/mol. The van der Waals surface area contributed by atoms with E-state index in [1.54, 1.807) is 20.3 Å². The highest BCUT2D eigenvalue weighted by atomic mass is 32.2. The molecule has 1 aliphatic rings. The minimum Gasteiger partial charge on any atom is -0.497 e. The summed E-state index contributed by atoms with van der Waals surface area (Å²) in [6, 6.07) is 22.8. The third-order valence-electron chi connectivity index (χ3n) is 6.13. The van der Waals surface area contributed by atoms with E-state index < -0.39 is 5.97 Å². The molecule has 0 unspecified atom stereocenters. The number of benzene rings is 3. The van der Waals surface area contributed by atoms with Gasteiger partial charge in [0.25, 0.3) is 0 Å². The minimum absolute atomic E-state index is 0.135. The number of carboxylic acid groups (broad SMARTS) is 1. The van der Waals surface area contributed by atoms with Crippen molar-refractivity contribution in [2.45, 2.75) is 23.2 Å². The summed E-state index contributed by atoms with van der Waals surface area (Å²) in [6.07, 6.45) is 2.78. The molecule has 4 rings (SSSR count). The first-order chi connectivity index (χ1) is 15.4. The molecular formula is C27H26O4S. The second kappa shape index (κ2) is 9.13. The number of carboxylic acids is 1. The molecule has 1 heterocycles. The lowest BCUT2D eigenvalue weighted by molar-refractivity contribution is -0.131. The van der Waals surface area contributed by atoms with Crippen LogP contribution in [0.15, 0.2) is 77.7 Å². The van der Waals surface area contributed by atoms with Gasteiger partial charge in [0.2, 0.25) is 0 Å². The summed E-state index contributed by atoms with van der Waals surface area (Å²) >= 11 is 1.86. The van der Waals surface area contributed by atoms with Gasteiger partial charge in [-0.3, -0.25) is 0 Å². The Bertz CT molecular complexity index is 1140. The van der Waals surface area contributed by atoms with Crippen molar-refractivity contribution in [1.29, 1.82) is 0 Å². The van der Waals surface area contributed by atoms with Gasteiger partial charge in [0, 0.05) is 28.1 Å². The van der Waals surface area contributed by atoms with E-state index in [1.807, 2.05) is 42.1 Å². The molecule has 0 radical (unpaired) electrons. The summed E-state index contributed by atoms with van der Waals surface area (Å²) in [6.45, 7) is 2.32. The van der Waals surface area contributed by atoms with Crippen LogP contribution in [-0.2, 0) is 10.2 Å². The van der Waals surface area contributed by atoms with Gasteiger partial charge < -0.3 is 14.6 Å². The van der Waals surface area contributed by atoms with Gasteiger partial charge in [-0.1, -0.05) is 49.4 Å². The summed E-state index contributed by atoms with van der Waals surface area (Å²) in [5, 5.41) is 8.91. The van der Waals surface area contributed by atoms with E-state index >= 15 is 0 Å². The standard InChI is InChI=1S/C27H26O4S/c1-27(20-9-11-21(30-2)12-10-20)17-32-24-16-22(31-3)13-14-23(24)26(27)19-7-4-18(5-8-19)6-15-25(28)29/h4-16,26H,17H2,1-3H3,(H,28,29)/t26-,27-/m1/s1. The highest BCUT2D eigenvalue weighted by molar-refractivity contribution is 7.99. The third kappa shape index (κ3) is 4.26. The van der Waals surface area contributed by atoms with Gasteiger partial charge in [0.05, 0.1) is 14.2 Å². The molecule has 0 bridgehead atoms. The molecule has 164 valence electrons. The summed E-state index contributed by atoms with van der Waals surface area (Å²) in [4.78, 5) is 12.1. The molecule has 4 nitrogen and oxygen atoms in total. The minimum atomic E-state index is -0.951. The first-order valence-electron chi connectivity index (χ1n) is 10.4. The molecule has 3 aromatic rings. The van der Waals surface area contributed by atoms with E-state index in [1.165, 1.54) is 21.6 Å². The summed E-state index contributed by atoms with van der Waals surface area (Å²) in [5.41, 5.74) is 4.45. The number of carbonyl (C=O) groups is 1. The average molecular weight is 447 g/mol. The molecule has 0 saturated carbocycles. The fourth-order valence-corrected chi connectivity index (χ4v) is 5.74. The predicted octanol–water partition coefficient (Wildman–Crippen LogP) is 6.00. The first-order valence-corrected chi connectivity index (χ1v) is 11.4. The first kappa shape index (κ1) is 22.0. The molecule has 0 aliphatic carbocycles. The monoisotopic (exact) mass is 446 g/mol. The van der Waals surface area contributed by atoms with Crippen LogP contribution >= 0.6 is 11.8 Å². The van der Waals surface area contributed by atoms with Crippen LogP contribution in [0.1, 0.15) is 35.1 Å². The van der Waals surface area contributed by atoms with Crippen molar-refractivity contribution in [3.8, 4) is 11.5 Å². The third-order valence-corrected chi connectivity index (χ3v) is 7.54. The van der Waals surface area contributed by atoms with Gasteiger partial charge in [0.15, 0.2) is 0 Å². The van der Waals surface area contributed by atoms with Crippen molar-refractivity contribution in [3.63, 3.8) is 0 Å². The molecule has 0 fully saturated rings.